The third-order valence-corrected chi connectivity index (χ3v) is 8.59. The summed E-state index contributed by atoms with van der Waals surface area (Å²) in [7, 11) is 0. The number of ether oxygens (including phenoxy) is 2. The molecule has 0 heterocycles. The fourth-order valence-corrected chi connectivity index (χ4v) is 5.58. The van der Waals surface area contributed by atoms with Crippen molar-refractivity contribution in [1.29, 1.82) is 0 Å². The molecular weight excluding hydrogens is 705 g/mol. The van der Waals surface area contributed by atoms with Gasteiger partial charge < -0.3 is 25.7 Å². The molecule has 0 aromatic heterocycles. The van der Waals surface area contributed by atoms with Gasteiger partial charge in [-0.25, -0.2) is 0 Å². The molecule has 57 heavy (non-hydrogen) atoms. The number of carbonyl (C=O) groups excluding carboxylic acids is 2. The Kier molecular flexibility index (Phi) is 111. The highest BCUT2D eigenvalue weighted by molar-refractivity contribution is 5.69. The molecular formula is C51H114N2O4. The highest BCUT2D eigenvalue weighted by Gasteiger charge is 2.14. The molecule has 0 bridgehead atoms. The smallest absolute Gasteiger partial charge is 0.306 e. The molecule has 0 aromatic rings. The van der Waals surface area contributed by atoms with Crippen LogP contribution < -0.4 is 11.5 Å². The minimum atomic E-state index is -0.0199. The van der Waals surface area contributed by atoms with Crippen molar-refractivity contribution in [3.8, 4) is 0 Å². The maximum absolute atomic E-state index is 12.3. The minimum absolute atomic E-state index is 0.0144. The third kappa shape index (κ3) is 91.6. The Morgan fingerprint density at radius 2 is 0.772 bits per heavy atom. The van der Waals surface area contributed by atoms with E-state index >= 15 is 0 Å². The summed E-state index contributed by atoms with van der Waals surface area (Å²) in [5.74, 6) is -0.0199. The second kappa shape index (κ2) is 86.4. The molecule has 6 heteroatoms. The lowest BCUT2D eigenvalue weighted by Gasteiger charge is -2.18. The van der Waals surface area contributed by atoms with Crippen molar-refractivity contribution in [2.45, 2.75) is 289 Å². The first-order valence-corrected chi connectivity index (χ1v) is 25.2. The fraction of sp³-hybridized carbons (Fsp3) is 0.922. The van der Waals surface area contributed by atoms with E-state index in [2.05, 4.69) is 27.4 Å². The van der Waals surface area contributed by atoms with Crippen molar-refractivity contribution in [3.05, 3.63) is 12.3 Å². The van der Waals surface area contributed by atoms with Crippen LogP contribution in [0.3, 0.4) is 0 Å². The number of unbranched alkanes of at least 4 members (excludes halogenated alkanes) is 22. The summed E-state index contributed by atoms with van der Waals surface area (Å²) in [6.45, 7) is 34.5. The van der Waals surface area contributed by atoms with Crippen LogP contribution in [0.1, 0.15) is 283 Å². The van der Waals surface area contributed by atoms with E-state index < -0.39 is 0 Å². The van der Waals surface area contributed by atoms with Gasteiger partial charge in [0.2, 0.25) is 0 Å². The Morgan fingerprint density at radius 1 is 0.456 bits per heavy atom. The van der Waals surface area contributed by atoms with E-state index in [1.54, 1.807) is 0 Å². The van der Waals surface area contributed by atoms with E-state index in [9.17, 15) is 4.79 Å². The zero-order chi connectivity index (χ0) is 45.5. The monoisotopic (exact) mass is 819 g/mol. The third-order valence-electron chi connectivity index (χ3n) is 8.59. The fourth-order valence-electron chi connectivity index (χ4n) is 5.58. The SMILES string of the molecule is C=C(N)CCCCCCCCCCCCC.C=O.CC.CC.CC.CC.CC.CCCCCCCCCCCC(=O)OC(CCCCCCC)CCOCCCN. The molecule has 1 atom stereocenters. The standard InChI is InChI=1S/C25H51NO3.C15H31N.5C2H6.CH2O/c1-3-5-7-9-10-11-12-14-16-19-25(27)29-24(18-15-13-8-6-4-2)20-23-28-22-17-21-26;1-3-4-5-6-7-8-9-10-11-12-13-14-15(2)16;6*1-2/h24H,3-23,26H2,1-2H3;2-14,16H2,1H3;5*1-2H3;1H2. The van der Waals surface area contributed by atoms with Gasteiger partial charge in [0.05, 0.1) is 6.61 Å². The molecule has 0 fully saturated rings. The number of hydrogen-bond acceptors (Lipinski definition) is 6. The van der Waals surface area contributed by atoms with Gasteiger partial charge in [0, 0.05) is 25.1 Å². The van der Waals surface area contributed by atoms with Gasteiger partial charge in [-0.05, 0) is 45.1 Å². The number of hydrogen-bond donors (Lipinski definition) is 2. The first kappa shape index (κ1) is 73.2. The average Bonchev–Trinajstić information content (AvgIpc) is 3.26. The van der Waals surface area contributed by atoms with Crippen LogP contribution in [0.15, 0.2) is 12.3 Å². The zero-order valence-electron chi connectivity index (χ0n) is 42.1. The molecule has 0 saturated heterocycles. The maximum Gasteiger partial charge on any atom is 0.306 e. The summed E-state index contributed by atoms with van der Waals surface area (Å²) in [5.41, 5.74) is 11.9. The molecule has 0 rings (SSSR count). The molecule has 0 spiro atoms. The maximum atomic E-state index is 12.3. The van der Waals surface area contributed by atoms with Gasteiger partial charge in [0.15, 0.2) is 0 Å². The first-order chi connectivity index (χ1) is 28.0. The second-order valence-electron chi connectivity index (χ2n) is 13.4. The van der Waals surface area contributed by atoms with Crippen LogP contribution in [0.25, 0.3) is 0 Å². The van der Waals surface area contributed by atoms with Crippen LogP contribution >= 0.6 is 0 Å². The van der Waals surface area contributed by atoms with Gasteiger partial charge >= 0.3 is 5.97 Å². The molecule has 0 saturated carbocycles. The predicted octanol–water partition coefficient (Wildman–Crippen LogP) is 17.0. The Morgan fingerprint density at radius 3 is 1.11 bits per heavy atom. The largest absolute Gasteiger partial charge is 0.462 e. The molecule has 0 radical (unpaired) electrons. The molecule has 6 nitrogen and oxygen atoms in total. The molecule has 0 aliphatic heterocycles. The van der Waals surface area contributed by atoms with Crippen molar-refractivity contribution < 1.29 is 19.1 Å². The van der Waals surface area contributed by atoms with Crippen LogP contribution in [0.2, 0.25) is 0 Å². The van der Waals surface area contributed by atoms with E-state index in [1.165, 1.54) is 141 Å². The summed E-state index contributed by atoms with van der Waals surface area (Å²) in [4.78, 5) is 20.3. The Labute approximate surface area is 363 Å². The summed E-state index contributed by atoms with van der Waals surface area (Å²) in [5, 5.41) is 0. The summed E-state index contributed by atoms with van der Waals surface area (Å²) in [6, 6.07) is 0. The van der Waals surface area contributed by atoms with Gasteiger partial charge in [-0.1, -0.05) is 238 Å². The first-order valence-electron chi connectivity index (χ1n) is 25.2. The summed E-state index contributed by atoms with van der Waals surface area (Å²) in [6.07, 6.45) is 37.2. The quantitative estimate of drug-likeness (QED) is 0.0487. The summed E-state index contributed by atoms with van der Waals surface area (Å²) < 4.78 is 11.4. The molecule has 352 valence electrons. The van der Waals surface area contributed by atoms with E-state index in [-0.39, 0.29) is 12.1 Å². The minimum Gasteiger partial charge on any atom is -0.462 e. The molecule has 0 aliphatic rings. The Bertz CT molecular complexity index is 590. The molecule has 4 N–H and O–H groups in total. The van der Waals surface area contributed by atoms with Crippen LogP contribution in [0, 0.1) is 0 Å². The van der Waals surface area contributed by atoms with E-state index in [0.717, 1.165) is 50.6 Å². The van der Waals surface area contributed by atoms with E-state index in [0.29, 0.717) is 26.2 Å². The van der Waals surface area contributed by atoms with Crippen molar-refractivity contribution in [2.24, 2.45) is 11.5 Å². The van der Waals surface area contributed by atoms with Crippen LogP contribution in [-0.4, -0.2) is 38.6 Å². The number of nitrogens with two attached hydrogens (primary N) is 2. The Balaban J connectivity index is -0.000000120. The number of carbonyl (C=O) groups is 2. The molecule has 0 aliphatic carbocycles. The van der Waals surface area contributed by atoms with Gasteiger partial charge in [-0.2, -0.15) is 0 Å². The van der Waals surface area contributed by atoms with Gasteiger partial charge in [-0.3, -0.25) is 4.79 Å². The van der Waals surface area contributed by atoms with Crippen LogP contribution in [0.5, 0.6) is 0 Å². The number of rotatable bonds is 35. The van der Waals surface area contributed by atoms with Crippen LogP contribution in [0.4, 0.5) is 0 Å². The highest BCUT2D eigenvalue weighted by atomic mass is 16.5. The van der Waals surface area contributed by atoms with Crippen LogP contribution in [-0.2, 0) is 19.1 Å². The van der Waals surface area contributed by atoms with E-state index in [4.69, 9.17) is 25.7 Å². The Hall–Kier alpha value is -1.40. The van der Waals surface area contributed by atoms with Gasteiger partial charge in [-0.15, -0.1) is 0 Å². The molecule has 0 amide bonds. The highest BCUT2D eigenvalue weighted by Crippen LogP contribution is 2.16. The molecule has 0 aromatic carbocycles. The summed E-state index contributed by atoms with van der Waals surface area (Å²) >= 11 is 0. The lowest BCUT2D eigenvalue weighted by molar-refractivity contribution is -0.150. The number of esters is 1. The van der Waals surface area contributed by atoms with Crippen molar-refractivity contribution in [3.63, 3.8) is 0 Å². The van der Waals surface area contributed by atoms with Crippen molar-refractivity contribution >= 4 is 12.8 Å². The topological polar surface area (TPSA) is 105 Å². The van der Waals surface area contributed by atoms with Gasteiger partial charge in [0.1, 0.15) is 12.9 Å². The number of allylic oxidation sites excluding steroid dienone is 1. The zero-order valence-corrected chi connectivity index (χ0v) is 42.1. The van der Waals surface area contributed by atoms with E-state index in [1.807, 2.05) is 76.0 Å². The lowest BCUT2D eigenvalue weighted by atomic mass is 10.1. The lowest BCUT2D eigenvalue weighted by Crippen LogP contribution is -2.20. The predicted molar refractivity (Wildman–Crippen MR) is 262 cm³/mol. The second-order valence-corrected chi connectivity index (χ2v) is 13.4. The van der Waals surface area contributed by atoms with Crippen molar-refractivity contribution in [1.82, 2.24) is 0 Å². The molecule has 1 unspecified atom stereocenters. The van der Waals surface area contributed by atoms with Crippen molar-refractivity contribution in [2.75, 3.05) is 19.8 Å². The van der Waals surface area contributed by atoms with Gasteiger partial charge in [0.25, 0.3) is 0 Å². The average molecular weight is 819 g/mol. The normalized spacial score (nSPS) is 9.79.